The minimum absolute atomic E-state index is 0.0146. The highest BCUT2D eigenvalue weighted by Crippen LogP contribution is 2.31. The molecule has 4 aromatic rings. The Labute approximate surface area is 260 Å². The number of carbonyl (C=O) groups is 2. The van der Waals surface area contributed by atoms with Gasteiger partial charge in [0.15, 0.2) is 0 Å². The second-order valence-corrected chi connectivity index (χ2v) is 12.7. The SMILES string of the molecule is CCNC(=O)[C@@H](Cc1ccccc1)N(Cc1cccc(Br)c1)C(=O)CN(c1ccccc1Cl)S(=O)(=O)c1ccccc1. The van der Waals surface area contributed by atoms with E-state index in [2.05, 4.69) is 21.2 Å². The number of halogens is 2. The number of rotatable bonds is 12. The van der Waals surface area contributed by atoms with Crippen molar-refractivity contribution in [3.8, 4) is 0 Å². The van der Waals surface area contributed by atoms with E-state index in [0.717, 1.165) is 19.9 Å². The normalized spacial score (nSPS) is 11.9. The Morgan fingerprint density at radius 3 is 2.12 bits per heavy atom. The van der Waals surface area contributed by atoms with E-state index in [1.807, 2.05) is 61.5 Å². The lowest BCUT2D eigenvalue weighted by atomic mass is 10.0. The molecule has 4 rings (SSSR count). The summed E-state index contributed by atoms with van der Waals surface area (Å²) in [6, 6.07) is 30.3. The molecule has 1 N–H and O–H groups in total. The average Bonchev–Trinajstić information content (AvgIpc) is 2.99. The third-order valence-corrected chi connectivity index (χ3v) is 9.18. The van der Waals surface area contributed by atoms with Gasteiger partial charge in [0.1, 0.15) is 12.6 Å². The fraction of sp³-hybridized carbons (Fsp3) is 0.188. The number of carbonyl (C=O) groups excluding carboxylic acids is 2. The molecule has 0 saturated heterocycles. The van der Waals surface area contributed by atoms with Crippen LogP contribution in [0.15, 0.2) is 119 Å². The van der Waals surface area contributed by atoms with Crippen LogP contribution in [0.5, 0.6) is 0 Å². The van der Waals surface area contributed by atoms with Gasteiger partial charge in [-0.3, -0.25) is 13.9 Å². The Morgan fingerprint density at radius 1 is 0.857 bits per heavy atom. The first-order valence-corrected chi connectivity index (χ1v) is 16.0. The molecule has 0 radical (unpaired) electrons. The van der Waals surface area contributed by atoms with Crippen LogP contribution in [0.3, 0.4) is 0 Å². The van der Waals surface area contributed by atoms with Crippen molar-refractivity contribution in [3.63, 3.8) is 0 Å². The number of para-hydroxylation sites is 1. The minimum atomic E-state index is -4.21. The number of likely N-dealkylation sites (N-methyl/N-ethyl adjacent to an activating group) is 1. The number of nitrogens with one attached hydrogen (secondary N) is 1. The largest absolute Gasteiger partial charge is 0.355 e. The quantitative estimate of drug-likeness (QED) is 0.199. The molecule has 0 heterocycles. The summed E-state index contributed by atoms with van der Waals surface area (Å²) < 4.78 is 29.7. The van der Waals surface area contributed by atoms with Gasteiger partial charge >= 0.3 is 0 Å². The van der Waals surface area contributed by atoms with Crippen molar-refractivity contribution >= 4 is 55.1 Å². The lowest BCUT2D eigenvalue weighted by Gasteiger charge is -2.34. The smallest absolute Gasteiger partial charge is 0.264 e. The fourth-order valence-corrected chi connectivity index (χ4v) is 6.75. The molecule has 0 saturated carbocycles. The van der Waals surface area contributed by atoms with Gasteiger partial charge in [-0.05, 0) is 54.4 Å². The van der Waals surface area contributed by atoms with Crippen LogP contribution in [0.2, 0.25) is 5.02 Å². The highest BCUT2D eigenvalue weighted by molar-refractivity contribution is 9.10. The van der Waals surface area contributed by atoms with Crippen LogP contribution < -0.4 is 9.62 Å². The van der Waals surface area contributed by atoms with E-state index in [-0.39, 0.29) is 34.5 Å². The van der Waals surface area contributed by atoms with E-state index in [1.54, 1.807) is 42.5 Å². The third-order valence-electron chi connectivity index (χ3n) is 6.60. The number of anilines is 1. The molecule has 0 aliphatic carbocycles. The van der Waals surface area contributed by atoms with Crippen LogP contribution in [-0.2, 0) is 32.6 Å². The van der Waals surface area contributed by atoms with Crippen molar-refractivity contribution in [2.45, 2.75) is 30.8 Å². The fourth-order valence-electron chi connectivity index (χ4n) is 4.57. The number of benzene rings is 4. The molecule has 1 atom stereocenters. The number of hydrogen-bond donors (Lipinski definition) is 1. The van der Waals surface area contributed by atoms with Crippen LogP contribution in [0.25, 0.3) is 0 Å². The molecular weight excluding hydrogens is 638 g/mol. The molecular formula is C32H31BrClN3O4S. The van der Waals surface area contributed by atoms with Crippen molar-refractivity contribution in [2.24, 2.45) is 0 Å². The highest BCUT2D eigenvalue weighted by Gasteiger charge is 2.35. The first-order chi connectivity index (χ1) is 20.2. The first kappa shape index (κ1) is 31.3. The maximum absolute atomic E-state index is 14.3. The van der Waals surface area contributed by atoms with Crippen molar-refractivity contribution in [1.29, 1.82) is 0 Å². The van der Waals surface area contributed by atoms with Gasteiger partial charge in [-0.15, -0.1) is 0 Å². The molecule has 42 heavy (non-hydrogen) atoms. The Kier molecular flexibility index (Phi) is 10.8. The summed E-state index contributed by atoms with van der Waals surface area (Å²) in [6.45, 7) is 1.69. The maximum atomic E-state index is 14.3. The van der Waals surface area contributed by atoms with E-state index in [0.29, 0.717) is 6.54 Å². The van der Waals surface area contributed by atoms with Gasteiger partial charge in [-0.1, -0.05) is 100 Å². The summed E-state index contributed by atoms with van der Waals surface area (Å²) in [4.78, 5) is 29.3. The lowest BCUT2D eigenvalue weighted by molar-refractivity contribution is -0.140. The van der Waals surface area contributed by atoms with Crippen LogP contribution >= 0.6 is 27.5 Å². The predicted octanol–water partition coefficient (Wildman–Crippen LogP) is 6.07. The van der Waals surface area contributed by atoms with Gasteiger partial charge < -0.3 is 10.2 Å². The van der Waals surface area contributed by atoms with E-state index in [9.17, 15) is 18.0 Å². The molecule has 218 valence electrons. The van der Waals surface area contributed by atoms with Crippen LogP contribution in [0.4, 0.5) is 5.69 Å². The Bertz CT molecular complexity index is 1620. The van der Waals surface area contributed by atoms with Crippen LogP contribution in [-0.4, -0.2) is 44.3 Å². The Balaban J connectivity index is 1.80. The summed E-state index contributed by atoms with van der Waals surface area (Å²) in [7, 11) is -4.21. The standard InChI is InChI=1S/C32H31BrClN3O4S/c1-2-35-32(39)30(21-24-12-5-3-6-13-24)36(22-25-14-11-15-26(33)20-25)31(38)23-37(29-19-10-9-18-28(29)34)42(40,41)27-16-7-4-8-17-27/h3-20,30H,2,21-23H2,1H3,(H,35,39)/t30-/m1/s1. The first-order valence-electron chi connectivity index (χ1n) is 13.4. The molecule has 2 amide bonds. The zero-order valence-electron chi connectivity index (χ0n) is 23.0. The number of hydrogen-bond acceptors (Lipinski definition) is 4. The number of sulfonamides is 1. The van der Waals surface area contributed by atoms with Crippen LogP contribution in [0, 0.1) is 0 Å². The monoisotopic (exact) mass is 667 g/mol. The van der Waals surface area contributed by atoms with E-state index >= 15 is 0 Å². The molecule has 0 spiro atoms. The van der Waals surface area contributed by atoms with Gasteiger partial charge in [0, 0.05) is 24.0 Å². The topological polar surface area (TPSA) is 86.8 Å². The minimum Gasteiger partial charge on any atom is -0.355 e. The van der Waals surface area contributed by atoms with Crippen molar-refractivity contribution in [3.05, 3.63) is 130 Å². The zero-order valence-corrected chi connectivity index (χ0v) is 26.1. The Morgan fingerprint density at radius 2 is 1.48 bits per heavy atom. The number of nitrogens with zero attached hydrogens (tertiary/aromatic N) is 2. The van der Waals surface area contributed by atoms with E-state index < -0.39 is 28.5 Å². The maximum Gasteiger partial charge on any atom is 0.264 e. The Hall–Kier alpha value is -3.66. The van der Waals surface area contributed by atoms with Gasteiger partial charge in [0.25, 0.3) is 10.0 Å². The van der Waals surface area contributed by atoms with Crippen molar-refractivity contribution in [2.75, 3.05) is 17.4 Å². The summed E-state index contributed by atoms with van der Waals surface area (Å²) in [5.41, 5.74) is 1.80. The zero-order chi connectivity index (χ0) is 30.1. The lowest BCUT2D eigenvalue weighted by Crippen LogP contribution is -2.53. The summed E-state index contributed by atoms with van der Waals surface area (Å²) in [5, 5.41) is 3.03. The molecule has 0 aliphatic rings. The molecule has 0 aliphatic heterocycles. The third kappa shape index (κ3) is 7.79. The van der Waals surface area contributed by atoms with Crippen LogP contribution in [0.1, 0.15) is 18.1 Å². The molecule has 10 heteroatoms. The molecule has 0 unspecified atom stereocenters. The molecule has 0 bridgehead atoms. The summed E-state index contributed by atoms with van der Waals surface area (Å²) >= 11 is 9.96. The van der Waals surface area contributed by atoms with Gasteiger partial charge in [-0.2, -0.15) is 0 Å². The predicted molar refractivity (Wildman–Crippen MR) is 170 cm³/mol. The second kappa shape index (κ2) is 14.5. The molecule has 0 aromatic heterocycles. The molecule has 0 fully saturated rings. The molecule has 4 aromatic carbocycles. The summed E-state index contributed by atoms with van der Waals surface area (Å²) in [5.74, 6) is -0.888. The van der Waals surface area contributed by atoms with E-state index in [4.69, 9.17) is 11.6 Å². The summed E-state index contributed by atoms with van der Waals surface area (Å²) in [6.07, 6.45) is 0.240. The highest BCUT2D eigenvalue weighted by atomic mass is 79.9. The second-order valence-electron chi connectivity index (χ2n) is 9.53. The van der Waals surface area contributed by atoms with Crippen molar-refractivity contribution < 1.29 is 18.0 Å². The van der Waals surface area contributed by atoms with Gasteiger partial charge in [0.05, 0.1) is 15.6 Å². The van der Waals surface area contributed by atoms with E-state index in [1.165, 1.54) is 17.0 Å². The number of amides is 2. The van der Waals surface area contributed by atoms with Gasteiger partial charge in [-0.25, -0.2) is 8.42 Å². The van der Waals surface area contributed by atoms with Gasteiger partial charge in [0.2, 0.25) is 11.8 Å². The molecule has 7 nitrogen and oxygen atoms in total. The average molecular weight is 669 g/mol. The van der Waals surface area contributed by atoms with Crippen molar-refractivity contribution in [1.82, 2.24) is 10.2 Å².